The normalized spacial score (nSPS) is 33.5. The molecule has 5 aliphatic rings. The number of morpholine rings is 1. The van der Waals surface area contributed by atoms with Crippen molar-refractivity contribution in [2.45, 2.75) is 74.9 Å². The fourth-order valence-electron chi connectivity index (χ4n) is 7.73. The summed E-state index contributed by atoms with van der Waals surface area (Å²) in [7, 11) is 2.90. The minimum absolute atomic E-state index is 0.0153. The summed E-state index contributed by atoms with van der Waals surface area (Å²) in [5.74, 6) is -3.26. The number of ether oxygens (including phenoxy) is 6. The van der Waals surface area contributed by atoms with Gasteiger partial charge in [-0.25, -0.2) is 0 Å². The lowest BCUT2D eigenvalue weighted by molar-refractivity contribution is -0.256. The number of carbonyl (C=O) groups excluding carboxylic acids is 3. The van der Waals surface area contributed by atoms with Crippen LogP contribution in [0.3, 0.4) is 0 Å². The third-order valence-electron chi connectivity index (χ3n) is 9.88. The van der Waals surface area contributed by atoms with Crippen molar-refractivity contribution in [3.8, 4) is 17.2 Å². The number of phenols is 2. The number of benzene rings is 2. The summed E-state index contributed by atoms with van der Waals surface area (Å²) in [4.78, 5) is 42.8. The van der Waals surface area contributed by atoms with Crippen LogP contribution in [0.5, 0.6) is 17.2 Å². The van der Waals surface area contributed by atoms with Gasteiger partial charge in [-0.1, -0.05) is 12.1 Å². The molecule has 2 aromatic carbocycles. The smallest absolute Gasteiger partial charge is 0.202 e. The molecule has 7 rings (SSSR count). The van der Waals surface area contributed by atoms with E-state index in [0.717, 1.165) is 0 Å². The number of aromatic hydroxyl groups is 2. The number of ketones is 3. The van der Waals surface area contributed by atoms with Crippen LogP contribution in [0.25, 0.3) is 0 Å². The Morgan fingerprint density at radius 2 is 1.87 bits per heavy atom. The van der Waals surface area contributed by atoms with Gasteiger partial charge in [0, 0.05) is 55.6 Å². The highest BCUT2D eigenvalue weighted by Crippen LogP contribution is 2.53. The van der Waals surface area contributed by atoms with Crippen molar-refractivity contribution < 1.29 is 58.1 Å². The summed E-state index contributed by atoms with van der Waals surface area (Å²) in [6, 6.07) is 4.32. The van der Waals surface area contributed by atoms with Crippen molar-refractivity contribution in [1.29, 1.82) is 0 Å². The highest BCUT2D eigenvalue weighted by molar-refractivity contribution is 6.31. The van der Waals surface area contributed by atoms with Gasteiger partial charge in [-0.15, -0.1) is 0 Å². The minimum Gasteiger partial charge on any atom is -0.507 e. The molecule has 3 saturated heterocycles. The average Bonchev–Trinajstić information content (AvgIpc) is 3.43. The number of fused-ring (bicyclic) bond motifs is 6. The van der Waals surface area contributed by atoms with E-state index < -0.39 is 89.6 Å². The largest absolute Gasteiger partial charge is 0.507 e. The van der Waals surface area contributed by atoms with Gasteiger partial charge in [0.1, 0.15) is 29.0 Å². The molecule has 14 heteroatoms. The third kappa shape index (κ3) is 4.51. The maximum atomic E-state index is 13.9. The Kier molecular flexibility index (Phi) is 7.68. The first kappa shape index (κ1) is 31.1. The second-order valence-corrected chi connectivity index (χ2v) is 12.3. The molecule has 0 spiro atoms. The number of phenolic OH excluding ortho intramolecular Hbond substituents is 2. The molecule has 3 fully saturated rings. The highest BCUT2D eigenvalue weighted by atomic mass is 16.7. The van der Waals surface area contributed by atoms with Crippen molar-refractivity contribution in [3.05, 3.63) is 51.6 Å². The molecule has 3 heterocycles. The number of carbonyl (C=O) groups is 3. The Labute approximate surface area is 263 Å². The van der Waals surface area contributed by atoms with Gasteiger partial charge < -0.3 is 49.5 Å². The summed E-state index contributed by atoms with van der Waals surface area (Å²) in [6.07, 6.45) is -4.45. The van der Waals surface area contributed by atoms with Crippen molar-refractivity contribution in [2.24, 2.45) is 5.73 Å². The van der Waals surface area contributed by atoms with Crippen molar-refractivity contribution in [3.63, 3.8) is 0 Å². The first-order valence-electron chi connectivity index (χ1n) is 15.2. The van der Waals surface area contributed by atoms with Gasteiger partial charge in [0.2, 0.25) is 5.78 Å². The van der Waals surface area contributed by atoms with Crippen LogP contribution in [-0.2, 0) is 34.9 Å². The number of methoxy groups -OCH3 is 2. The Hall–Kier alpha value is -3.47. The van der Waals surface area contributed by atoms with Crippen molar-refractivity contribution in [1.82, 2.24) is 4.90 Å². The van der Waals surface area contributed by atoms with E-state index in [-0.39, 0.29) is 46.6 Å². The summed E-state index contributed by atoms with van der Waals surface area (Å²) >= 11 is 0. The summed E-state index contributed by atoms with van der Waals surface area (Å²) in [5, 5.41) is 35.0. The number of Topliss-reactive ketones (excluding diaryl/α,β-unsaturated/α-hetero) is 1. The fourth-order valence-corrected chi connectivity index (χ4v) is 7.73. The summed E-state index contributed by atoms with van der Waals surface area (Å²) in [5.41, 5.74) is 2.55. The third-order valence-corrected chi connectivity index (χ3v) is 9.88. The second kappa shape index (κ2) is 11.3. The number of rotatable bonds is 6. The Morgan fingerprint density at radius 1 is 1.11 bits per heavy atom. The van der Waals surface area contributed by atoms with Crippen LogP contribution in [0.4, 0.5) is 0 Å². The lowest BCUT2D eigenvalue weighted by Gasteiger charge is -2.43. The van der Waals surface area contributed by atoms with Crippen LogP contribution in [0.1, 0.15) is 68.8 Å². The van der Waals surface area contributed by atoms with Gasteiger partial charge in [0.25, 0.3) is 0 Å². The van der Waals surface area contributed by atoms with Gasteiger partial charge in [0.15, 0.2) is 30.4 Å². The SMILES string of the molecule is COc1cccc2c1C(=O)c1c(O)c3c(c(O)c1C2=O)C[C@@](O)(C(=O)CN)C[C@@H]3O[C@H]1C[C@H]2[C@H](O[C@@H]3[C@@H](OC)OCCN32)[C@H](C)O1. The zero-order valence-corrected chi connectivity index (χ0v) is 25.6. The Bertz CT molecular complexity index is 1630. The zero-order chi connectivity index (χ0) is 32.7. The number of nitrogens with zero attached hydrogens (tertiary/aromatic N) is 1. The van der Waals surface area contributed by atoms with E-state index in [9.17, 15) is 29.7 Å². The molecule has 246 valence electrons. The van der Waals surface area contributed by atoms with Gasteiger partial charge in [0.05, 0.1) is 49.2 Å². The van der Waals surface area contributed by atoms with Gasteiger partial charge >= 0.3 is 0 Å². The maximum Gasteiger partial charge on any atom is 0.202 e. The van der Waals surface area contributed by atoms with Gasteiger partial charge in [-0.05, 0) is 13.0 Å². The number of hydrogen-bond donors (Lipinski definition) is 4. The second-order valence-electron chi connectivity index (χ2n) is 12.3. The Morgan fingerprint density at radius 3 is 2.59 bits per heavy atom. The van der Waals surface area contributed by atoms with E-state index in [1.54, 1.807) is 7.11 Å². The Balaban J connectivity index is 1.30. The van der Waals surface area contributed by atoms with E-state index in [1.165, 1.54) is 25.3 Å². The molecule has 0 aromatic heterocycles. The molecule has 0 unspecified atom stereocenters. The number of nitrogens with two attached hydrogens (primary N) is 1. The van der Waals surface area contributed by atoms with Crippen LogP contribution in [0, 0.1) is 0 Å². The van der Waals surface area contributed by atoms with Gasteiger partial charge in [-0.3, -0.25) is 19.3 Å². The predicted molar refractivity (Wildman–Crippen MR) is 156 cm³/mol. The average molecular weight is 641 g/mol. The van der Waals surface area contributed by atoms with Crippen molar-refractivity contribution >= 4 is 17.3 Å². The molecular formula is C32H36N2O12. The standard InChI is InChI=1S/C32H36N2O12/c1-13-29-16(34-7-8-43-31(42-3)30(34)46-29)9-20(44-13)45-18-11-32(40,19(35)12-33)10-15-22(18)28(39)24-23(26(15)37)25(36)14-5-4-6-17(41-2)21(14)27(24)38/h4-6,13,16,18,20,29-31,37,39-40H,7-12,33H2,1-3H3/t13-,16-,18-,20-,29+,30+,31-,32-/m0/s1. The maximum absolute atomic E-state index is 13.9. The molecule has 2 aliphatic carbocycles. The van der Waals surface area contributed by atoms with Gasteiger partial charge in [-0.2, -0.15) is 0 Å². The topological polar surface area (TPSA) is 197 Å². The van der Waals surface area contributed by atoms with Crippen LogP contribution in [0.2, 0.25) is 0 Å². The van der Waals surface area contributed by atoms with E-state index >= 15 is 0 Å². The highest BCUT2D eigenvalue weighted by Gasteiger charge is 2.55. The van der Waals surface area contributed by atoms with E-state index in [4.69, 9.17) is 34.2 Å². The fraction of sp³-hybridized carbons (Fsp3) is 0.531. The number of hydrogen-bond acceptors (Lipinski definition) is 14. The molecule has 0 amide bonds. The monoisotopic (exact) mass is 640 g/mol. The van der Waals surface area contributed by atoms with E-state index in [2.05, 4.69) is 4.90 Å². The molecule has 14 nitrogen and oxygen atoms in total. The molecule has 5 N–H and O–H groups in total. The molecule has 0 radical (unpaired) electrons. The summed E-state index contributed by atoms with van der Waals surface area (Å²) < 4.78 is 35.5. The minimum atomic E-state index is -2.10. The van der Waals surface area contributed by atoms with E-state index in [1.807, 2.05) is 6.92 Å². The first-order valence-corrected chi connectivity index (χ1v) is 15.2. The van der Waals surface area contributed by atoms with Crippen LogP contribution < -0.4 is 10.5 Å². The molecule has 3 aliphatic heterocycles. The molecule has 0 saturated carbocycles. The lowest BCUT2D eigenvalue weighted by atomic mass is 9.71. The van der Waals surface area contributed by atoms with E-state index in [0.29, 0.717) is 19.6 Å². The quantitative estimate of drug-likeness (QED) is 0.275. The van der Waals surface area contributed by atoms with Crippen LogP contribution in [0.15, 0.2) is 18.2 Å². The molecule has 0 bridgehead atoms. The first-order chi connectivity index (χ1) is 22.0. The molecule has 8 atom stereocenters. The zero-order valence-electron chi connectivity index (χ0n) is 25.6. The number of aliphatic hydroxyl groups is 1. The predicted octanol–water partition coefficient (Wildman–Crippen LogP) is 0.678. The van der Waals surface area contributed by atoms with Crippen LogP contribution in [-0.4, -0.2) is 114 Å². The van der Waals surface area contributed by atoms with Crippen LogP contribution >= 0.6 is 0 Å². The molecular weight excluding hydrogens is 604 g/mol. The lowest BCUT2D eigenvalue weighted by Crippen LogP contribution is -2.55. The molecule has 2 aromatic rings. The van der Waals surface area contributed by atoms with Crippen molar-refractivity contribution in [2.75, 3.05) is 33.9 Å². The summed E-state index contributed by atoms with van der Waals surface area (Å²) in [6.45, 7) is 2.36. The molecule has 46 heavy (non-hydrogen) atoms.